The number of alkyl halides is 3. The lowest BCUT2D eigenvalue weighted by molar-refractivity contribution is -0.137. The van der Waals surface area contributed by atoms with Gasteiger partial charge in [0.15, 0.2) is 5.82 Å². The van der Waals surface area contributed by atoms with Crippen molar-refractivity contribution in [3.63, 3.8) is 0 Å². The van der Waals surface area contributed by atoms with Gasteiger partial charge in [0.05, 0.1) is 17.4 Å². The molecule has 1 saturated heterocycles. The topological polar surface area (TPSA) is 51.0 Å². The van der Waals surface area contributed by atoms with Crippen LogP contribution in [0, 0.1) is 0 Å². The van der Waals surface area contributed by atoms with Gasteiger partial charge in [-0.25, -0.2) is 4.98 Å². The Labute approximate surface area is 153 Å². The summed E-state index contributed by atoms with van der Waals surface area (Å²) < 4.78 is 38.8. The second-order valence-corrected chi connectivity index (χ2v) is 6.60. The normalized spacial score (nSPS) is 16.2. The van der Waals surface area contributed by atoms with Crippen LogP contribution in [0.1, 0.15) is 37.7 Å². The molecule has 0 radical (unpaired) electrons. The lowest BCUT2D eigenvalue weighted by Gasteiger charge is -2.27. The average Bonchev–Trinajstić information content (AvgIpc) is 2.57. The Morgan fingerprint density at radius 2 is 1.65 bits per heavy atom. The van der Waals surface area contributed by atoms with Crippen molar-refractivity contribution >= 4 is 17.3 Å². The van der Waals surface area contributed by atoms with Gasteiger partial charge in [0.2, 0.25) is 0 Å². The van der Waals surface area contributed by atoms with Gasteiger partial charge >= 0.3 is 6.18 Å². The van der Waals surface area contributed by atoms with Crippen molar-refractivity contribution in [2.45, 2.75) is 38.3 Å². The summed E-state index contributed by atoms with van der Waals surface area (Å²) in [5, 5.41) is 4.07. The van der Waals surface area contributed by atoms with Crippen molar-refractivity contribution in [1.82, 2.24) is 14.8 Å². The van der Waals surface area contributed by atoms with Crippen LogP contribution in [0.2, 0.25) is 5.02 Å². The molecule has 0 unspecified atom stereocenters. The second-order valence-electron chi connectivity index (χ2n) is 6.22. The Morgan fingerprint density at radius 1 is 1.00 bits per heavy atom. The summed E-state index contributed by atoms with van der Waals surface area (Å²) in [6.07, 6.45) is 3.16. The van der Waals surface area contributed by atoms with Crippen LogP contribution >= 0.6 is 11.6 Å². The minimum atomic E-state index is -4.49. The molecule has 0 aliphatic carbocycles. The molecule has 3 heterocycles. The molecule has 0 atom stereocenters. The molecule has 0 saturated carbocycles. The van der Waals surface area contributed by atoms with E-state index < -0.39 is 17.3 Å². The molecular weight excluding hydrogens is 369 g/mol. The van der Waals surface area contributed by atoms with E-state index in [0.717, 1.165) is 55.6 Å². The summed E-state index contributed by atoms with van der Waals surface area (Å²) in [4.78, 5) is 18.3. The predicted molar refractivity (Wildman–Crippen MR) is 92.9 cm³/mol. The Bertz CT molecular complexity index is 812. The number of hydrogen-bond acceptors (Lipinski definition) is 4. The van der Waals surface area contributed by atoms with Crippen LogP contribution in [0.25, 0.3) is 5.82 Å². The fraction of sp³-hybridized carbons (Fsp3) is 0.471. The third kappa shape index (κ3) is 4.00. The van der Waals surface area contributed by atoms with Gasteiger partial charge in [-0.3, -0.25) is 4.79 Å². The Morgan fingerprint density at radius 3 is 2.23 bits per heavy atom. The summed E-state index contributed by atoms with van der Waals surface area (Å²) in [6, 6.07) is 1.96. The Balaban J connectivity index is 1.91. The third-order valence-electron chi connectivity index (χ3n) is 4.39. The van der Waals surface area contributed by atoms with E-state index in [1.54, 1.807) is 0 Å². The quantitative estimate of drug-likeness (QED) is 0.780. The highest BCUT2D eigenvalue weighted by Gasteiger charge is 2.30. The van der Waals surface area contributed by atoms with E-state index in [0.29, 0.717) is 11.9 Å². The van der Waals surface area contributed by atoms with E-state index in [-0.39, 0.29) is 10.8 Å². The maximum absolute atomic E-state index is 12.6. The van der Waals surface area contributed by atoms with Crippen molar-refractivity contribution in [3.05, 3.63) is 45.5 Å². The van der Waals surface area contributed by atoms with Gasteiger partial charge in [-0.2, -0.15) is 23.0 Å². The number of rotatable bonds is 2. The second kappa shape index (κ2) is 7.65. The van der Waals surface area contributed by atoms with Crippen LogP contribution in [-0.4, -0.2) is 27.9 Å². The van der Waals surface area contributed by atoms with Crippen LogP contribution in [-0.2, 0) is 6.18 Å². The van der Waals surface area contributed by atoms with Crippen LogP contribution < -0.4 is 10.5 Å². The van der Waals surface area contributed by atoms with Crippen LogP contribution in [0.3, 0.4) is 0 Å². The maximum atomic E-state index is 12.6. The number of anilines is 1. The standard InChI is InChI=1S/C17H18ClF3N4O/c18-15-13(24-8-4-2-1-3-5-9-24)11-23-25(16(15)26)14-7-6-12(10-22-14)17(19,20)21/h6-7,10-11H,1-5,8-9H2. The van der Waals surface area contributed by atoms with E-state index >= 15 is 0 Å². The van der Waals surface area contributed by atoms with Gasteiger partial charge in [-0.05, 0) is 25.0 Å². The largest absolute Gasteiger partial charge is 0.417 e. The summed E-state index contributed by atoms with van der Waals surface area (Å²) in [6.45, 7) is 1.59. The summed E-state index contributed by atoms with van der Waals surface area (Å²) in [7, 11) is 0. The molecule has 3 rings (SSSR count). The molecule has 0 amide bonds. The van der Waals surface area contributed by atoms with Gasteiger partial charge in [-0.15, -0.1) is 0 Å². The van der Waals surface area contributed by atoms with Crippen LogP contribution in [0.15, 0.2) is 29.3 Å². The van der Waals surface area contributed by atoms with E-state index in [1.165, 1.54) is 12.6 Å². The van der Waals surface area contributed by atoms with Crippen molar-refractivity contribution in [2.24, 2.45) is 0 Å². The van der Waals surface area contributed by atoms with Crippen LogP contribution in [0.5, 0.6) is 0 Å². The zero-order valence-corrected chi connectivity index (χ0v) is 14.7. The first-order chi connectivity index (χ1) is 12.4. The number of pyridine rings is 1. The van der Waals surface area contributed by atoms with E-state index in [4.69, 9.17) is 11.6 Å². The van der Waals surface area contributed by atoms with E-state index in [2.05, 4.69) is 10.1 Å². The monoisotopic (exact) mass is 386 g/mol. The molecule has 2 aromatic rings. The first-order valence-electron chi connectivity index (χ1n) is 8.44. The zero-order chi connectivity index (χ0) is 18.7. The van der Waals surface area contributed by atoms with Crippen molar-refractivity contribution in [1.29, 1.82) is 0 Å². The smallest absolute Gasteiger partial charge is 0.369 e. The molecule has 140 valence electrons. The minimum absolute atomic E-state index is 0.00210. The number of halogens is 4. The first-order valence-corrected chi connectivity index (χ1v) is 8.82. The fourth-order valence-electron chi connectivity index (χ4n) is 2.98. The van der Waals surface area contributed by atoms with Gasteiger partial charge in [0, 0.05) is 19.3 Å². The molecule has 5 nitrogen and oxygen atoms in total. The average molecular weight is 387 g/mol. The van der Waals surface area contributed by atoms with Gasteiger partial charge in [0.1, 0.15) is 5.02 Å². The molecule has 0 N–H and O–H groups in total. The Kier molecular flexibility index (Phi) is 5.50. The van der Waals surface area contributed by atoms with Gasteiger partial charge < -0.3 is 4.90 Å². The number of hydrogen-bond donors (Lipinski definition) is 0. The molecule has 26 heavy (non-hydrogen) atoms. The molecule has 9 heteroatoms. The lowest BCUT2D eigenvalue weighted by Crippen LogP contribution is -2.31. The molecule has 2 aromatic heterocycles. The Hall–Kier alpha value is -2.09. The van der Waals surface area contributed by atoms with E-state index in [1.807, 2.05) is 4.90 Å². The third-order valence-corrected chi connectivity index (χ3v) is 4.74. The van der Waals surface area contributed by atoms with Crippen molar-refractivity contribution in [3.8, 4) is 5.82 Å². The predicted octanol–water partition coefficient (Wildman–Crippen LogP) is 4.07. The number of nitrogens with zero attached hydrogens (tertiary/aromatic N) is 4. The SMILES string of the molecule is O=c1c(Cl)c(N2CCCCCCC2)cnn1-c1ccc(C(F)(F)F)cn1. The van der Waals surface area contributed by atoms with Gasteiger partial charge in [-0.1, -0.05) is 30.9 Å². The zero-order valence-electron chi connectivity index (χ0n) is 14.0. The van der Waals surface area contributed by atoms with Crippen molar-refractivity contribution < 1.29 is 13.2 Å². The number of aromatic nitrogens is 3. The fourth-order valence-corrected chi connectivity index (χ4v) is 3.22. The summed E-state index contributed by atoms with van der Waals surface area (Å²) in [5.41, 5.74) is -0.933. The maximum Gasteiger partial charge on any atom is 0.417 e. The lowest BCUT2D eigenvalue weighted by atomic mass is 10.1. The molecular formula is C17H18ClF3N4O. The molecule has 0 spiro atoms. The summed E-state index contributed by atoms with van der Waals surface area (Å²) >= 11 is 6.26. The molecule has 0 bridgehead atoms. The minimum Gasteiger partial charge on any atom is -0.369 e. The van der Waals surface area contributed by atoms with Crippen molar-refractivity contribution in [2.75, 3.05) is 18.0 Å². The van der Waals surface area contributed by atoms with E-state index in [9.17, 15) is 18.0 Å². The highest BCUT2D eigenvalue weighted by molar-refractivity contribution is 6.33. The molecule has 1 fully saturated rings. The summed E-state index contributed by atoms with van der Waals surface area (Å²) in [5.74, 6) is -0.0101. The molecule has 0 aromatic carbocycles. The first kappa shape index (κ1) is 18.7. The highest BCUT2D eigenvalue weighted by atomic mass is 35.5. The van der Waals surface area contributed by atoms with Gasteiger partial charge in [0.25, 0.3) is 5.56 Å². The molecule has 1 aliphatic rings. The van der Waals surface area contributed by atoms with Crippen LogP contribution in [0.4, 0.5) is 18.9 Å². The highest BCUT2D eigenvalue weighted by Crippen LogP contribution is 2.29. The molecule has 1 aliphatic heterocycles.